The van der Waals surface area contributed by atoms with Crippen molar-refractivity contribution in [2.45, 2.75) is 0 Å². The Morgan fingerprint density at radius 3 is 1.85 bits per heavy atom. The van der Waals surface area contributed by atoms with Crippen LogP contribution in [0.1, 0.15) is 0 Å². The lowest BCUT2D eigenvalue weighted by Gasteiger charge is -2.13. The van der Waals surface area contributed by atoms with Gasteiger partial charge in [-0.05, 0) is 39.2 Å². The lowest BCUT2D eigenvalue weighted by atomic mass is 9.92. The van der Waals surface area contributed by atoms with Gasteiger partial charge in [-0.2, -0.15) is 0 Å². The van der Waals surface area contributed by atoms with Gasteiger partial charge >= 0.3 is 0 Å². The highest BCUT2D eigenvalue weighted by molar-refractivity contribution is 7.21. The summed E-state index contributed by atoms with van der Waals surface area (Å²) in [5, 5.41) is 7.54. The van der Waals surface area contributed by atoms with E-state index in [1.807, 2.05) is 48.5 Å². The second-order valence-electron chi connectivity index (χ2n) is 13.4. The van der Waals surface area contributed by atoms with Gasteiger partial charge in [0.2, 0.25) is 0 Å². The van der Waals surface area contributed by atoms with Crippen molar-refractivity contribution in [3.05, 3.63) is 170 Å². The molecule has 0 radical (unpaired) electrons. The Hall–Kier alpha value is -7.02. The number of rotatable bonds is 5. The van der Waals surface area contributed by atoms with Crippen LogP contribution < -0.4 is 0 Å². The van der Waals surface area contributed by atoms with Crippen LogP contribution in [0.2, 0.25) is 0 Å². The molecule has 0 unspecified atom stereocenters. The number of aromatic nitrogens is 4. The minimum Gasteiger partial charge on any atom is -0.456 e. The first-order valence-corrected chi connectivity index (χ1v) is 18.7. The third-order valence-corrected chi connectivity index (χ3v) is 11.2. The molecule has 0 aliphatic carbocycles. The Kier molecular flexibility index (Phi) is 6.97. The molecule has 252 valence electrons. The topological polar surface area (TPSA) is 64.7 Å². The molecule has 11 aromatic rings. The van der Waals surface area contributed by atoms with Gasteiger partial charge in [0.05, 0.1) is 10.2 Å². The standard InChI is InChI=1S/C48H28N4OS/c1-3-14-30(15-4-1)45-50-46(33-26-25-29-13-7-8-18-32(29)27-33)52-47(51-45)37-23-12-20-34-35(37)21-11-22-36(34)43-42-38-19-9-10-24-39(38)53-40(42)28-41-44(43)49-48(54-41)31-16-5-2-6-17-31/h1-28H. The van der Waals surface area contributed by atoms with Crippen molar-refractivity contribution in [1.29, 1.82) is 0 Å². The molecular weight excluding hydrogens is 681 g/mol. The molecule has 0 N–H and O–H groups in total. The molecule has 0 atom stereocenters. The first-order chi connectivity index (χ1) is 26.7. The van der Waals surface area contributed by atoms with Gasteiger partial charge < -0.3 is 4.42 Å². The third kappa shape index (κ3) is 4.99. The van der Waals surface area contributed by atoms with Crippen molar-refractivity contribution in [3.63, 3.8) is 0 Å². The molecule has 0 fully saturated rings. The Morgan fingerprint density at radius 2 is 1.04 bits per heavy atom. The van der Waals surface area contributed by atoms with E-state index in [1.54, 1.807) is 11.3 Å². The minimum atomic E-state index is 0.618. The van der Waals surface area contributed by atoms with Gasteiger partial charge in [0.1, 0.15) is 16.2 Å². The molecule has 54 heavy (non-hydrogen) atoms. The number of hydrogen-bond acceptors (Lipinski definition) is 6. The zero-order valence-corrected chi connectivity index (χ0v) is 29.6. The van der Waals surface area contributed by atoms with Crippen LogP contribution in [-0.2, 0) is 0 Å². The van der Waals surface area contributed by atoms with E-state index < -0.39 is 0 Å². The number of furan rings is 1. The summed E-state index contributed by atoms with van der Waals surface area (Å²) in [5.74, 6) is 1.88. The monoisotopic (exact) mass is 708 g/mol. The van der Waals surface area contributed by atoms with Gasteiger partial charge in [-0.3, -0.25) is 0 Å². The maximum absolute atomic E-state index is 6.53. The van der Waals surface area contributed by atoms with E-state index in [4.69, 9.17) is 24.4 Å². The summed E-state index contributed by atoms with van der Waals surface area (Å²) >= 11 is 1.69. The van der Waals surface area contributed by atoms with E-state index >= 15 is 0 Å². The van der Waals surface area contributed by atoms with E-state index in [9.17, 15) is 0 Å². The largest absolute Gasteiger partial charge is 0.456 e. The minimum absolute atomic E-state index is 0.618. The van der Waals surface area contributed by atoms with Crippen LogP contribution in [-0.4, -0.2) is 19.9 Å². The van der Waals surface area contributed by atoms with E-state index in [0.29, 0.717) is 17.5 Å². The molecule has 0 amide bonds. The van der Waals surface area contributed by atoms with Gasteiger partial charge in [-0.25, -0.2) is 19.9 Å². The summed E-state index contributed by atoms with van der Waals surface area (Å²) < 4.78 is 7.61. The van der Waals surface area contributed by atoms with Crippen molar-refractivity contribution < 1.29 is 4.42 Å². The van der Waals surface area contributed by atoms with Crippen LogP contribution in [0.15, 0.2) is 174 Å². The summed E-state index contributed by atoms with van der Waals surface area (Å²) in [6.45, 7) is 0. The maximum atomic E-state index is 6.53. The second-order valence-corrected chi connectivity index (χ2v) is 14.4. The molecule has 0 saturated heterocycles. The fourth-order valence-electron chi connectivity index (χ4n) is 7.63. The third-order valence-electron chi connectivity index (χ3n) is 10.2. The van der Waals surface area contributed by atoms with E-state index in [1.165, 1.54) is 5.39 Å². The number of nitrogens with zero attached hydrogens (tertiary/aromatic N) is 4. The van der Waals surface area contributed by atoms with Crippen LogP contribution >= 0.6 is 11.3 Å². The Balaban J connectivity index is 1.17. The zero-order chi connectivity index (χ0) is 35.6. The summed E-state index contributed by atoms with van der Waals surface area (Å²) in [5.41, 5.74) is 8.70. The van der Waals surface area contributed by atoms with Gasteiger partial charge in [0.15, 0.2) is 17.5 Å². The average molecular weight is 709 g/mol. The molecular formula is C48H28N4OS. The van der Waals surface area contributed by atoms with Crippen LogP contribution in [0.25, 0.3) is 110 Å². The highest BCUT2D eigenvalue weighted by Crippen LogP contribution is 2.46. The van der Waals surface area contributed by atoms with Gasteiger partial charge in [0, 0.05) is 44.7 Å². The molecule has 3 aromatic heterocycles. The quantitative estimate of drug-likeness (QED) is 0.178. The molecule has 0 bridgehead atoms. The number of para-hydroxylation sites is 1. The average Bonchev–Trinajstić information content (AvgIpc) is 3.84. The molecule has 0 spiro atoms. The maximum Gasteiger partial charge on any atom is 0.164 e. The smallest absolute Gasteiger partial charge is 0.164 e. The van der Waals surface area contributed by atoms with Gasteiger partial charge in [0.25, 0.3) is 0 Å². The molecule has 5 nitrogen and oxygen atoms in total. The van der Waals surface area contributed by atoms with Gasteiger partial charge in [-0.1, -0.05) is 152 Å². The lowest BCUT2D eigenvalue weighted by Crippen LogP contribution is -2.00. The number of thiazole rings is 1. The molecule has 8 aromatic carbocycles. The molecule has 0 saturated carbocycles. The van der Waals surface area contributed by atoms with E-state index in [0.717, 1.165) is 86.7 Å². The normalized spacial score (nSPS) is 11.7. The van der Waals surface area contributed by atoms with Crippen LogP contribution in [0.3, 0.4) is 0 Å². The van der Waals surface area contributed by atoms with Crippen molar-refractivity contribution in [3.8, 4) is 55.9 Å². The molecule has 6 heteroatoms. The molecule has 0 aliphatic rings. The predicted molar refractivity (Wildman–Crippen MR) is 222 cm³/mol. The summed E-state index contributed by atoms with van der Waals surface area (Å²) in [6.07, 6.45) is 0. The Labute approximate surface area is 313 Å². The number of fused-ring (bicyclic) bond motifs is 6. The van der Waals surface area contributed by atoms with Gasteiger partial charge in [-0.15, -0.1) is 11.3 Å². The van der Waals surface area contributed by atoms with E-state index in [-0.39, 0.29) is 0 Å². The predicted octanol–water partition coefficient (Wildman–Crippen LogP) is 13.0. The van der Waals surface area contributed by atoms with Crippen LogP contribution in [0.5, 0.6) is 0 Å². The molecule has 11 rings (SSSR count). The summed E-state index contributed by atoms with van der Waals surface area (Å²) in [7, 11) is 0. The molecule has 3 heterocycles. The fourth-order valence-corrected chi connectivity index (χ4v) is 8.64. The lowest BCUT2D eigenvalue weighted by molar-refractivity contribution is 0.669. The first kappa shape index (κ1) is 30.6. The highest BCUT2D eigenvalue weighted by atomic mass is 32.1. The Morgan fingerprint density at radius 1 is 0.407 bits per heavy atom. The summed E-state index contributed by atoms with van der Waals surface area (Å²) in [4.78, 5) is 20.7. The fraction of sp³-hybridized carbons (Fsp3) is 0. The summed E-state index contributed by atoms with van der Waals surface area (Å²) in [6, 6.07) is 58.6. The van der Waals surface area contributed by atoms with Crippen LogP contribution in [0, 0.1) is 0 Å². The number of hydrogen-bond donors (Lipinski definition) is 0. The first-order valence-electron chi connectivity index (χ1n) is 17.9. The highest BCUT2D eigenvalue weighted by Gasteiger charge is 2.22. The second kappa shape index (κ2) is 12.3. The zero-order valence-electron chi connectivity index (χ0n) is 28.8. The molecule has 0 aliphatic heterocycles. The van der Waals surface area contributed by atoms with Crippen molar-refractivity contribution >= 4 is 65.0 Å². The SMILES string of the molecule is c1ccc(-c2nc(-c3ccc4ccccc4c3)nc(-c3cccc4c(-c5c6nc(-c7ccccc7)sc6cc6oc7ccccc7c56)cccc34)n2)cc1. The van der Waals surface area contributed by atoms with Crippen molar-refractivity contribution in [2.24, 2.45) is 0 Å². The van der Waals surface area contributed by atoms with Crippen molar-refractivity contribution in [1.82, 2.24) is 19.9 Å². The van der Waals surface area contributed by atoms with E-state index in [2.05, 4.69) is 121 Å². The van der Waals surface area contributed by atoms with Crippen molar-refractivity contribution in [2.75, 3.05) is 0 Å². The number of benzene rings is 8. The van der Waals surface area contributed by atoms with Crippen LogP contribution in [0.4, 0.5) is 0 Å². The Bertz CT molecular complexity index is 3220.